The highest BCUT2D eigenvalue weighted by Crippen LogP contribution is 2.23. The van der Waals surface area contributed by atoms with Crippen LogP contribution in [0.5, 0.6) is 0 Å². The maximum Gasteiger partial charge on any atom is 0.508 e. The summed E-state index contributed by atoms with van der Waals surface area (Å²) in [5.74, 6) is 0. The maximum atomic E-state index is 10.8. The summed E-state index contributed by atoms with van der Waals surface area (Å²) >= 11 is 0. The highest BCUT2D eigenvalue weighted by atomic mass is 16.7. The van der Waals surface area contributed by atoms with E-state index in [0.29, 0.717) is 19.3 Å². The fourth-order valence-electron chi connectivity index (χ4n) is 1.55. The normalized spacial score (nSPS) is 26.4. The highest BCUT2D eigenvalue weighted by Gasteiger charge is 2.24. The van der Waals surface area contributed by atoms with Crippen molar-refractivity contribution in [3.63, 3.8) is 0 Å². The van der Waals surface area contributed by atoms with Gasteiger partial charge in [-0.25, -0.2) is 4.79 Å². The van der Waals surface area contributed by atoms with Gasteiger partial charge in [-0.1, -0.05) is 0 Å². The molecule has 1 aliphatic rings. The van der Waals surface area contributed by atoms with Crippen LogP contribution < -0.4 is 0 Å². The lowest BCUT2D eigenvalue weighted by Crippen LogP contribution is -2.28. The van der Waals surface area contributed by atoms with Gasteiger partial charge < -0.3 is 14.2 Å². The first kappa shape index (κ1) is 10.8. The Balaban J connectivity index is 2.21. The number of hydrogen-bond donors (Lipinski definition) is 0. The molecular weight excluding hydrogens is 188 g/mol. The van der Waals surface area contributed by atoms with E-state index in [9.17, 15) is 9.59 Å². The predicted octanol–water partition coefficient (Wildman–Crippen LogP) is 1.25. The van der Waals surface area contributed by atoms with Crippen LogP contribution in [0.25, 0.3) is 0 Å². The number of hydrogen-bond acceptors (Lipinski definition) is 5. The monoisotopic (exact) mass is 202 g/mol. The zero-order valence-corrected chi connectivity index (χ0v) is 8.10. The third-order valence-electron chi connectivity index (χ3n) is 2.30. The van der Waals surface area contributed by atoms with Crippen LogP contribution in [0.15, 0.2) is 0 Å². The van der Waals surface area contributed by atoms with Crippen molar-refractivity contribution in [2.45, 2.75) is 37.9 Å². The summed E-state index contributed by atoms with van der Waals surface area (Å²) in [6.07, 6.45) is 2.13. The van der Waals surface area contributed by atoms with Gasteiger partial charge in [0.2, 0.25) is 0 Å². The van der Waals surface area contributed by atoms with Crippen LogP contribution in [0.4, 0.5) is 4.79 Å². The summed E-state index contributed by atoms with van der Waals surface area (Å²) in [5.41, 5.74) is 0. The number of methoxy groups -OCH3 is 1. The number of carbonyl (C=O) groups is 2. The molecule has 1 aliphatic carbocycles. The van der Waals surface area contributed by atoms with Gasteiger partial charge in [-0.3, -0.25) is 4.79 Å². The predicted molar refractivity (Wildman–Crippen MR) is 46.7 cm³/mol. The van der Waals surface area contributed by atoms with Crippen LogP contribution in [-0.2, 0) is 19.0 Å². The second-order valence-electron chi connectivity index (χ2n) is 3.20. The van der Waals surface area contributed by atoms with Crippen molar-refractivity contribution in [3.05, 3.63) is 0 Å². The van der Waals surface area contributed by atoms with Crippen LogP contribution in [-0.4, -0.2) is 31.9 Å². The van der Waals surface area contributed by atoms with E-state index >= 15 is 0 Å². The van der Waals surface area contributed by atoms with Crippen molar-refractivity contribution in [2.75, 3.05) is 7.11 Å². The second kappa shape index (κ2) is 5.47. The molecule has 0 N–H and O–H groups in total. The molecule has 80 valence electrons. The Morgan fingerprint density at radius 2 is 1.79 bits per heavy atom. The van der Waals surface area contributed by atoms with E-state index in [1.54, 1.807) is 0 Å². The van der Waals surface area contributed by atoms with Crippen LogP contribution in [0.2, 0.25) is 0 Å². The first-order chi connectivity index (χ1) is 6.76. The molecule has 1 fully saturated rings. The van der Waals surface area contributed by atoms with Gasteiger partial charge in [0.25, 0.3) is 6.47 Å². The standard InChI is InChI=1S/C9H14O5/c1-12-9(11)14-8-4-2-7(3-5-8)13-6-10/h6-8H,2-5H2,1H3. The van der Waals surface area contributed by atoms with Gasteiger partial charge in [-0.05, 0) is 25.7 Å². The summed E-state index contributed by atoms with van der Waals surface area (Å²) in [7, 11) is 1.28. The van der Waals surface area contributed by atoms with Crippen LogP contribution in [0, 0.1) is 0 Å². The molecule has 0 aliphatic heterocycles. The Bertz CT molecular complexity index is 195. The third-order valence-corrected chi connectivity index (χ3v) is 2.30. The van der Waals surface area contributed by atoms with Gasteiger partial charge in [-0.2, -0.15) is 0 Å². The molecule has 0 bridgehead atoms. The SMILES string of the molecule is COC(=O)OC1CCC(OC=O)CC1. The molecule has 0 aromatic rings. The minimum atomic E-state index is -0.648. The zero-order chi connectivity index (χ0) is 10.4. The fraction of sp³-hybridized carbons (Fsp3) is 0.778. The summed E-state index contributed by atoms with van der Waals surface area (Å²) in [4.78, 5) is 20.8. The molecule has 0 radical (unpaired) electrons. The lowest BCUT2D eigenvalue weighted by atomic mass is 9.95. The average Bonchev–Trinajstić information content (AvgIpc) is 2.21. The molecule has 0 saturated heterocycles. The molecular formula is C9H14O5. The van der Waals surface area contributed by atoms with E-state index < -0.39 is 6.16 Å². The Kier molecular flexibility index (Phi) is 4.22. The van der Waals surface area contributed by atoms with Gasteiger partial charge >= 0.3 is 6.16 Å². The Morgan fingerprint density at radius 1 is 1.21 bits per heavy atom. The summed E-state index contributed by atoms with van der Waals surface area (Å²) in [6, 6.07) is 0. The van der Waals surface area contributed by atoms with Crippen molar-refractivity contribution in [3.8, 4) is 0 Å². The number of rotatable bonds is 3. The fourth-order valence-corrected chi connectivity index (χ4v) is 1.55. The first-order valence-corrected chi connectivity index (χ1v) is 4.60. The second-order valence-corrected chi connectivity index (χ2v) is 3.20. The van der Waals surface area contributed by atoms with Gasteiger partial charge in [0.1, 0.15) is 12.2 Å². The molecule has 1 saturated carbocycles. The lowest BCUT2D eigenvalue weighted by molar-refractivity contribution is -0.136. The van der Waals surface area contributed by atoms with Crippen molar-refractivity contribution >= 4 is 12.6 Å². The molecule has 0 spiro atoms. The smallest absolute Gasteiger partial charge is 0.465 e. The number of ether oxygens (including phenoxy) is 3. The molecule has 1 rings (SSSR count). The zero-order valence-electron chi connectivity index (χ0n) is 8.10. The minimum absolute atomic E-state index is 0.0232. The summed E-state index contributed by atoms with van der Waals surface area (Å²) in [5, 5.41) is 0. The average molecular weight is 202 g/mol. The topological polar surface area (TPSA) is 61.8 Å². The molecule has 5 nitrogen and oxygen atoms in total. The van der Waals surface area contributed by atoms with E-state index in [1.165, 1.54) is 7.11 Å². The lowest BCUT2D eigenvalue weighted by Gasteiger charge is -2.26. The molecule has 5 heteroatoms. The maximum absolute atomic E-state index is 10.8. The molecule has 0 atom stereocenters. The Labute approximate surface area is 82.3 Å². The number of carbonyl (C=O) groups excluding carboxylic acids is 2. The van der Waals surface area contributed by atoms with Gasteiger partial charge in [0.05, 0.1) is 7.11 Å². The van der Waals surface area contributed by atoms with Crippen LogP contribution in [0.1, 0.15) is 25.7 Å². The van der Waals surface area contributed by atoms with Crippen molar-refractivity contribution in [2.24, 2.45) is 0 Å². The van der Waals surface area contributed by atoms with Gasteiger partial charge in [0, 0.05) is 0 Å². The van der Waals surface area contributed by atoms with Gasteiger partial charge in [-0.15, -0.1) is 0 Å². The van der Waals surface area contributed by atoms with Crippen molar-refractivity contribution in [1.82, 2.24) is 0 Å². The quantitative estimate of drug-likeness (QED) is 0.509. The highest BCUT2D eigenvalue weighted by molar-refractivity contribution is 5.59. The Morgan fingerprint density at radius 3 is 2.29 bits per heavy atom. The molecule has 0 amide bonds. The van der Waals surface area contributed by atoms with E-state index in [4.69, 9.17) is 9.47 Å². The summed E-state index contributed by atoms with van der Waals surface area (Å²) in [6.45, 7) is 0.464. The molecule has 0 aromatic carbocycles. The molecule has 14 heavy (non-hydrogen) atoms. The molecule has 0 unspecified atom stereocenters. The minimum Gasteiger partial charge on any atom is -0.465 e. The molecule has 0 heterocycles. The van der Waals surface area contributed by atoms with Crippen LogP contribution in [0.3, 0.4) is 0 Å². The van der Waals surface area contributed by atoms with E-state index in [2.05, 4.69) is 4.74 Å². The van der Waals surface area contributed by atoms with E-state index in [-0.39, 0.29) is 12.2 Å². The largest absolute Gasteiger partial charge is 0.508 e. The van der Waals surface area contributed by atoms with Crippen molar-refractivity contribution in [1.29, 1.82) is 0 Å². The third kappa shape index (κ3) is 3.24. The first-order valence-electron chi connectivity index (χ1n) is 4.60. The Hall–Kier alpha value is -1.26. The van der Waals surface area contributed by atoms with Crippen molar-refractivity contribution < 1.29 is 23.8 Å². The van der Waals surface area contributed by atoms with Gasteiger partial charge in [0.15, 0.2) is 0 Å². The molecule has 0 aromatic heterocycles. The summed E-state index contributed by atoms with van der Waals surface area (Å²) < 4.78 is 14.2. The van der Waals surface area contributed by atoms with E-state index in [1.807, 2.05) is 0 Å². The van der Waals surface area contributed by atoms with E-state index in [0.717, 1.165) is 12.8 Å². The van der Waals surface area contributed by atoms with Crippen LogP contribution >= 0.6 is 0 Å².